The summed E-state index contributed by atoms with van der Waals surface area (Å²) in [6, 6.07) is 11.3. The number of aromatic nitrogens is 1. The zero-order chi connectivity index (χ0) is 14.5. The number of nitrogens with one attached hydrogen (secondary N) is 1. The van der Waals surface area contributed by atoms with Crippen LogP contribution in [0.2, 0.25) is 0 Å². The highest BCUT2D eigenvalue weighted by Gasteiger charge is 2.13. The number of aryl methyl sites for hydroxylation is 1. The Kier molecular flexibility index (Phi) is 4.51. The van der Waals surface area contributed by atoms with Gasteiger partial charge in [-0.25, -0.2) is 0 Å². The summed E-state index contributed by atoms with van der Waals surface area (Å²) >= 11 is 0. The van der Waals surface area contributed by atoms with E-state index >= 15 is 0 Å². The van der Waals surface area contributed by atoms with Crippen molar-refractivity contribution in [1.82, 2.24) is 10.3 Å². The predicted molar refractivity (Wildman–Crippen MR) is 84.8 cm³/mol. The standard InChI is InChI=1S/C18H22N2O/c1-19-17(13-15-6-9-20-10-7-15)4-2-14-3-5-18-16(12-14)8-11-21-18/h3,5-7,9-10,12,17,19H,2,4,8,11,13H2,1H3. The van der Waals surface area contributed by atoms with Crippen molar-refractivity contribution in [3.05, 3.63) is 59.4 Å². The summed E-state index contributed by atoms with van der Waals surface area (Å²) in [4.78, 5) is 4.07. The number of ether oxygens (including phenoxy) is 1. The van der Waals surface area contributed by atoms with Crippen LogP contribution in [-0.4, -0.2) is 24.7 Å². The summed E-state index contributed by atoms with van der Waals surface area (Å²) in [5.74, 6) is 1.07. The molecule has 3 heteroatoms. The summed E-state index contributed by atoms with van der Waals surface area (Å²) in [5.41, 5.74) is 4.11. The van der Waals surface area contributed by atoms with E-state index in [0.29, 0.717) is 6.04 Å². The summed E-state index contributed by atoms with van der Waals surface area (Å²) in [6.07, 6.45) is 8.07. The first-order valence-electron chi connectivity index (χ1n) is 7.66. The van der Waals surface area contributed by atoms with Crippen LogP contribution in [0.3, 0.4) is 0 Å². The Bertz CT molecular complexity index is 583. The van der Waals surface area contributed by atoms with Gasteiger partial charge in [-0.1, -0.05) is 12.1 Å². The number of fused-ring (bicyclic) bond motifs is 1. The van der Waals surface area contributed by atoms with Gasteiger partial charge in [0.05, 0.1) is 6.61 Å². The van der Waals surface area contributed by atoms with E-state index in [-0.39, 0.29) is 0 Å². The van der Waals surface area contributed by atoms with Crippen LogP contribution in [0.4, 0.5) is 0 Å². The monoisotopic (exact) mass is 282 g/mol. The topological polar surface area (TPSA) is 34.1 Å². The lowest BCUT2D eigenvalue weighted by molar-refractivity contribution is 0.357. The first-order chi connectivity index (χ1) is 10.3. The Labute approximate surface area is 126 Å². The van der Waals surface area contributed by atoms with Crippen LogP contribution < -0.4 is 10.1 Å². The molecule has 0 radical (unpaired) electrons. The molecule has 21 heavy (non-hydrogen) atoms. The van der Waals surface area contributed by atoms with Crippen LogP contribution in [0.5, 0.6) is 5.75 Å². The van der Waals surface area contributed by atoms with Gasteiger partial charge < -0.3 is 10.1 Å². The lowest BCUT2D eigenvalue weighted by Crippen LogP contribution is -2.28. The van der Waals surface area contributed by atoms with Crippen molar-refractivity contribution < 1.29 is 4.74 Å². The van der Waals surface area contributed by atoms with Gasteiger partial charge >= 0.3 is 0 Å². The van der Waals surface area contributed by atoms with Gasteiger partial charge in [0.25, 0.3) is 0 Å². The largest absolute Gasteiger partial charge is 0.493 e. The Balaban J connectivity index is 1.58. The molecule has 0 spiro atoms. The number of pyridine rings is 1. The minimum Gasteiger partial charge on any atom is -0.493 e. The molecule has 1 aliphatic heterocycles. The van der Waals surface area contributed by atoms with Crippen LogP contribution in [-0.2, 0) is 19.3 Å². The summed E-state index contributed by atoms with van der Waals surface area (Å²) in [5, 5.41) is 3.43. The first-order valence-corrected chi connectivity index (χ1v) is 7.66. The molecule has 0 bridgehead atoms. The number of hydrogen-bond donors (Lipinski definition) is 1. The van der Waals surface area contributed by atoms with Crippen molar-refractivity contribution in [1.29, 1.82) is 0 Å². The molecule has 1 aliphatic rings. The minimum atomic E-state index is 0.497. The lowest BCUT2D eigenvalue weighted by Gasteiger charge is -2.16. The molecule has 2 aromatic rings. The minimum absolute atomic E-state index is 0.497. The summed E-state index contributed by atoms with van der Waals surface area (Å²) in [7, 11) is 2.04. The third-order valence-corrected chi connectivity index (χ3v) is 4.18. The molecule has 0 amide bonds. The van der Waals surface area contributed by atoms with Gasteiger partial charge in [0.2, 0.25) is 0 Å². The summed E-state index contributed by atoms with van der Waals surface area (Å²) in [6.45, 7) is 0.833. The zero-order valence-electron chi connectivity index (χ0n) is 12.5. The molecular formula is C18H22N2O. The Morgan fingerprint density at radius 3 is 2.86 bits per heavy atom. The van der Waals surface area contributed by atoms with Crippen molar-refractivity contribution in [2.75, 3.05) is 13.7 Å². The van der Waals surface area contributed by atoms with E-state index in [2.05, 4.69) is 40.6 Å². The Morgan fingerprint density at radius 1 is 1.19 bits per heavy atom. The molecule has 1 aromatic heterocycles. The van der Waals surface area contributed by atoms with E-state index in [1.54, 1.807) is 0 Å². The molecule has 0 saturated carbocycles. The Morgan fingerprint density at radius 2 is 2.05 bits per heavy atom. The van der Waals surface area contributed by atoms with Crippen molar-refractivity contribution >= 4 is 0 Å². The molecule has 0 saturated heterocycles. The molecule has 1 unspecified atom stereocenters. The molecule has 2 heterocycles. The van der Waals surface area contributed by atoms with E-state index in [4.69, 9.17) is 4.74 Å². The van der Waals surface area contributed by atoms with Gasteiger partial charge in [-0.2, -0.15) is 0 Å². The van der Waals surface area contributed by atoms with Gasteiger partial charge in [-0.3, -0.25) is 4.98 Å². The normalized spacial score (nSPS) is 14.5. The number of benzene rings is 1. The van der Waals surface area contributed by atoms with Crippen LogP contribution in [0.1, 0.15) is 23.1 Å². The molecule has 3 nitrogen and oxygen atoms in total. The Hall–Kier alpha value is -1.87. The maximum absolute atomic E-state index is 5.56. The summed E-state index contributed by atoms with van der Waals surface area (Å²) < 4.78 is 5.56. The van der Waals surface area contributed by atoms with Crippen LogP contribution in [0.25, 0.3) is 0 Å². The smallest absolute Gasteiger partial charge is 0.122 e. The van der Waals surface area contributed by atoms with E-state index in [0.717, 1.165) is 38.0 Å². The van der Waals surface area contributed by atoms with Crippen LogP contribution >= 0.6 is 0 Å². The van der Waals surface area contributed by atoms with Gasteiger partial charge in [0.1, 0.15) is 5.75 Å². The average Bonchev–Trinajstić information content (AvgIpc) is 3.00. The van der Waals surface area contributed by atoms with Gasteiger partial charge in [0, 0.05) is 24.9 Å². The molecule has 1 aromatic carbocycles. The second kappa shape index (κ2) is 6.72. The molecule has 3 rings (SSSR count). The SMILES string of the molecule is CNC(CCc1ccc2c(c1)CCO2)Cc1ccncc1. The molecule has 110 valence electrons. The highest BCUT2D eigenvalue weighted by molar-refractivity contribution is 5.39. The lowest BCUT2D eigenvalue weighted by atomic mass is 9.98. The van der Waals surface area contributed by atoms with Crippen LogP contribution in [0, 0.1) is 0 Å². The highest BCUT2D eigenvalue weighted by Crippen LogP contribution is 2.26. The molecule has 0 aliphatic carbocycles. The highest BCUT2D eigenvalue weighted by atomic mass is 16.5. The van der Waals surface area contributed by atoms with Crippen molar-refractivity contribution in [3.8, 4) is 5.75 Å². The number of hydrogen-bond acceptors (Lipinski definition) is 3. The maximum Gasteiger partial charge on any atom is 0.122 e. The molecule has 1 N–H and O–H groups in total. The number of likely N-dealkylation sites (N-methyl/N-ethyl adjacent to an activating group) is 1. The van der Waals surface area contributed by atoms with Crippen LogP contribution in [0.15, 0.2) is 42.7 Å². The van der Waals surface area contributed by atoms with E-state index in [9.17, 15) is 0 Å². The number of rotatable bonds is 6. The third-order valence-electron chi connectivity index (χ3n) is 4.18. The molecular weight excluding hydrogens is 260 g/mol. The van der Waals surface area contributed by atoms with E-state index < -0.39 is 0 Å². The van der Waals surface area contributed by atoms with Gasteiger partial charge in [-0.05, 0) is 61.2 Å². The second-order valence-corrected chi connectivity index (χ2v) is 5.62. The van der Waals surface area contributed by atoms with Crippen molar-refractivity contribution in [2.24, 2.45) is 0 Å². The quantitative estimate of drug-likeness (QED) is 0.884. The first kappa shape index (κ1) is 14.1. The third kappa shape index (κ3) is 3.61. The van der Waals surface area contributed by atoms with Gasteiger partial charge in [-0.15, -0.1) is 0 Å². The molecule has 0 fully saturated rings. The number of nitrogens with zero attached hydrogens (tertiary/aromatic N) is 1. The second-order valence-electron chi connectivity index (χ2n) is 5.62. The van der Waals surface area contributed by atoms with Gasteiger partial charge in [0.15, 0.2) is 0 Å². The fraction of sp³-hybridized carbons (Fsp3) is 0.389. The zero-order valence-corrected chi connectivity index (χ0v) is 12.5. The molecule has 1 atom stereocenters. The van der Waals surface area contributed by atoms with Crippen molar-refractivity contribution in [2.45, 2.75) is 31.7 Å². The fourth-order valence-electron chi connectivity index (χ4n) is 2.89. The van der Waals surface area contributed by atoms with Crippen molar-refractivity contribution in [3.63, 3.8) is 0 Å². The average molecular weight is 282 g/mol. The maximum atomic E-state index is 5.56. The predicted octanol–water partition coefficient (Wildman–Crippen LogP) is 2.78. The fourth-order valence-corrected chi connectivity index (χ4v) is 2.89. The van der Waals surface area contributed by atoms with E-state index in [1.807, 2.05) is 19.4 Å². The van der Waals surface area contributed by atoms with E-state index in [1.165, 1.54) is 16.7 Å².